The Hall–Kier alpha value is -2.24. The van der Waals surface area contributed by atoms with Gasteiger partial charge in [-0.15, -0.1) is 0 Å². The highest BCUT2D eigenvalue weighted by Gasteiger charge is 2.38. The van der Waals surface area contributed by atoms with E-state index in [0.29, 0.717) is 50.3 Å². The SMILES string of the molecule is N#CC1=C(SCC(=O)Nc2ccc(Br)cc2)NC2=C(C(=O)CCC2)C1c1cccc(Cl)c1Cl. The van der Waals surface area contributed by atoms with Crippen LogP contribution in [0.1, 0.15) is 30.7 Å². The number of thioether (sulfide) groups is 1. The van der Waals surface area contributed by atoms with Crippen molar-refractivity contribution in [1.82, 2.24) is 5.32 Å². The molecule has 2 aromatic carbocycles. The van der Waals surface area contributed by atoms with Gasteiger partial charge in [0.2, 0.25) is 5.91 Å². The zero-order valence-corrected chi connectivity index (χ0v) is 21.2. The maximum Gasteiger partial charge on any atom is 0.234 e. The second kappa shape index (κ2) is 10.4. The van der Waals surface area contributed by atoms with E-state index < -0.39 is 5.92 Å². The second-order valence-electron chi connectivity index (χ2n) is 7.57. The topological polar surface area (TPSA) is 82.0 Å². The highest BCUT2D eigenvalue weighted by Crippen LogP contribution is 2.46. The number of nitrogens with zero attached hydrogens (tertiary/aromatic N) is 1. The van der Waals surface area contributed by atoms with Crippen LogP contribution in [0.15, 0.2) is 68.8 Å². The summed E-state index contributed by atoms with van der Waals surface area (Å²) in [6, 6.07) is 14.8. The fraction of sp³-hybridized carbons (Fsp3) is 0.208. The van der Waals surface area contributed by atoms with Gasteiger partial charge in [0.1, 0.15) is 0 Å². The zero-order chi connectivity index (χ0) is 23.5. The number of amides is 1. The van der Waals surface area contributed by atoms with Gasteiger partial charge < -0.3 is 10.6 Å². The molecule has 1 aliphatic heterocycles. The Balaban J connectivity index is 1.65. The van der Waals surface area contributed by atoms with E-state index in [1.165, 1.54) is 11.8 Å². The van der Waals surface area contributed by atoms with Crippen molar-refractivity contribution >= 4 is 68.3 Å². The van der Waals surface area contributed by atoms with E-state index in [0.717, 1.165) is 16.6 Å². The summed E-state index contributed by atoms with van der Waals surface area (Å²) in [4.78, 5) is 25.4. The van der Waals surface area contributed by atoms with Crippen molar-refractivity contribution in [3.8, 4) is 6.07 Å². The number of rotatable bonds is 5. The van der Waals surface area contributed by atoms with Crippen molar-refractivity contribution in [2.24, 2.45) is 0 Å². The van der Waals surface area contributed by atoms with Gasteiger partial charge in [-0.05, 0) is 48.7 Å². The van der Waals surface area contributed by atoms with Crippen LogP contribution < -0.4 is 10.6 Å². The molecule has 2 aromatic rings. The molecule has 2 N–H and O–H groups in total. The molecule has 2 aliphatic rings. The van der Waals surface area contributed by atoms with E-state index in [1.807, 2.05) is 12.1 Å². The first-order valence-corrected chi connectivity index (χ1v) is 12.7. The lowest BCUT2D eigenvalue weighted by Gasteiger charge is -2.33. The molecule has 1 aliphatic carbocycles. The van der Waals surface area contributed by atoms with Crippen LogP contribution in [-0.2, 0) is 9.59 Å². The molecule has 1 unspecified atom stereocenters. The molecule has 9 heteroatoms. The molecule has 5 nitrogen and oxygen atoms in total. The van der Waals surface area contributed by atoms with Gasteiger partial charge in [-0.25, -0.2) is 0 Å². The van der Waals surface area contributed by atoms with E-state index in [-0.39, 0.29) is 17.4 Å². The Morgan fingerprint density at radius 3 is 2.70 bits per heavy atom. The van der Waals surface area contributed by atoms with Gasteiger partial charge >= 0.3 is 0 Å². The number of nitrogens with one attached hydrogen (secondary N) is 2. The van der Waals surface area contributed by atoms with E-state index in [1.54, 1.807) is 30.3 Å². The number of hydrogen-bond acceptors (Lipinski definition) is 5. The minimum absolute atomic E-state index is 0.00502. The third-order valence-corrected chi connectivity index (χ3v) is 7.81. The monoisotopic (exact) mass is 561 g/mol. The maximum absolute atomic E-state index is 12.9. The molecule has 0 bridgehead atoms. The van der Waals surface area contributed by atoms with Gasteiger partial charge in [0.25, 0.3) is 0 Å². The lowest BCUT2D eigenvalue weighted by Crippen LogP contribution is -2.32. The van der Waals surface area contributed by atoms with Crippen molar-refractivity contribution in [3.05, 3.63) is 84.4 Å². The summed E-state index contributed by atoms with van der Waals surface area (Å²) >= 11 is 17.4. The van der Waals surface area contributed by atoms with Crippen molar-refractivity contribution in [3.63, 3.8) is 0 Å². The summed E-state index contributed by atoms with van der Waals surface area (Å²) in [5.74, 6) is -0.738. The third kappa shape index (κ3) is 5.15. The summed E-state index contributed by atoms with van der Waals surface area (Å²) in [5.41, 5.74) is 2.99. The molecule has 0 fully saturated rings. The largest absolute Gasteiger partial charge is 0.352 e. The maximum atomic E-state index is 12.9. The number of allylic oxidation sites excluding steroid dienone is 3. The minimum Gasteiger partial charge on any atom is -0.352 e. The Morgan fingerprint density at radius 1 is 1.21 bits per heavy atom. The molecule has 168 valence electrons. The second-order valence-corrected chi connectivity index (χ2v) is 10.3. The summed E-state index contributed by atoms with van der Waals surface area (Å²) in [6.45, 7) is 0. The molecule has 0 saturated carbocycles. The fourth-order valence-electron chi connectivity index (χ4n) is 3.96. The first-order chi connectivity index (χ1) is 15.9. The van der Waals surface area contributed by atoms with E-state index >= 15 is 0 Å². The lowest BCUT2D eigenvalue weighted by atomic mass is 9.77. The predicted molar refractivity (Wildman–Crippen MR) is 136 cm³/mol. The molecule has 33 heavy (non-hydrogen) atoms. The molecule has 0 spiro atoms. The van der Waals surface area contributed by atoms with E-state index in [2.05, 4.69) is 32.6 Å². The number of benzene rings is 2. The molecule has 1 heterocycles. The summed E-state index contributed by atoms with van der Waals surface area (Å²) in [5, 5.41) is 17.4. The van der Waals surface area contributed by atoms with Crippen LogP contribution in [0.25, 0.3) is 0 Å². The molecular formula is C24H18BrCl2N3O2S. The van der Waals surface area contributed by atoms with Crippen LogP contribution >= 0.6 is 50.9 Å². The highest BCUT2D eigenvalue weighted by atomic mass is 79.9. The number of nitriles is 1. The van der Waals surface area contributed by atoms with Gasteiger partial charge in [-0.2, -0.15) is 5.26 Å². The van der Waals surface area contributed by atoms with Gasteiger partial charge in [-0.1, -0.05) is 63.0 Å². The minimum atomic E-state index is -0.623. The molecule has 0 radical (unpaired) electrons. The average Bonchev–Trinajstić information content (AvgIpc) is 2.80. The van der Waals surface area contributed by atoms with Gasteiger partial charge in [0.15, 0.2) is 5.78 Å². The smallest absolute Gasteiger partial charge is 0.234 e. The quantitative estimate of drug-likeness (QED) is 0.431. The molecule has 1 amide bonds. The third-order valence-electron chi connectivity index (χ3n) is 5.43. The fourth-order valence-corrected chi connectivity index (χ4v) is 5.50. The Labute approximate surface area is 214 Å². The normalized spacial score (nSPS) is 17.9. The van der Waals surface area contributed by atoms with Crippen molar-refractivity contribution in [1.29, 1.82) is 5.26 Å². The van der Waals surface area contributed by atoms with E-state index in [4.69, 9.17) is 23.2 Å². The number of ketones is 1. The van der Waals surface area contributed by atoms with Crippen LogP contribution in [-0.4, -0.2) is 17.4 Å². The zero-order valence-electron chi connectivity index (χ0n) is 17.3. The number of dihydropyridines is 1. The Bertz CT molecular complexity index is 1240. The van der Waals surface area contributed by atoms with Gasteiger partial charge in [0, 0.05) is 27.9 Å². The molecular weight excluding hydrogens is 545 g/mol. The summed E-state index contributed by atoms with van der Waals surface area (Å²) in [7, 11) is 0. The molecule has 0 saturated heterocycles. The van der Waals surface area contributed by atoms with Crippen LogP contribution in [0.4, 0.5) is 5.69 Å². The Morgan fingerprint density at radius 2 is 1.97 bits per heavy atom. The average molecular weight is 563 g/mol. The van der Waals surface area contributed by atoms with Crippen molar-refractivity contribution < 1.29 is 9.59 Å². The van der Waals surface area contributed by atoms with Gasteiger partial charge in [0.05, 0.1) is 38.4 Å². The number of hydrogen-bond donors (Lipinski definition) is 2. The summed E-state index contributed by atoms with van der Waals surface area (Å²) in [6.07, 6.45) is 1.83. The first-order valence-electron chi connectivity index (χ1n) is 10.2. The van der Waals surface area contributed by atoms with Crippen molar-refractivity contribution in [2.75, 3.05) is 11.1 Å². The molecule has 0 aromatic heterocycles. The van der Waals surface area contributed by atoms with Crippen LogP contribution in [0, 0.1) is 11.3 Å². The number of halogens is 3. The molecule has 4 rings (SSSR count). The number of carbonyl (C=O) groups is 2. The number of carbonyl (C=O) groups excluding carboxylic acids is 2. The van der Waals surface area contributed by atoms with E-state index in [9.17, 15) is 14.9 Å². The predicted octanol–water partition coefficient (Wildman–Crippen LogP) is 6.56. The number of anilines is 1. The van der Waals surface area contributed by atoms with Crippen molar-refractivity contribution in [2.45, 2.75) is 25.2 Å². The lowest BCUT2D eigenvalue weighted by molar-refractivity contribution is -0.116. The highest BCUT2D eigenvalue weighted by molar-refractivity contribution is 9.10. The van der Waals surface area contributed by atoms with Crippen LogP contribution in [0.2, 0.25) is 10.0 Å². The Kier molecular flexibility index (Phi) is 7.50. The summed E-state index contributed by atoms with van der Waals surface area (Å²) < 4.78 is 0.918. The van der Waals surface area contributed by atoms with Gasteiger partial charge in [-0.3, -0.25) is 9.59 Å². The molecule has 1 atom stereocenters. The standard InChI is InChI=1S/C24H18BrCl2N3O2S/c25-13-7-9-14(10-8-13)29-20(32)12-33-24-16(11-28)21(15-3-1-4-17(26)23(15)27)22-18(30-24)5-2-6-19(22)31/h1,3-4,7-10,21,30H,2,5-6,12H2,(H,29,32). The van der Waals surface area contributed by atoms with Crippen LogP contribution in [0.5, 0.6) is 0 Å². The number of Topliss-reactive ketones (excluding diaryl/α,β-unsaturated/α-hetero) is 1. The van der Waals surface area contributed by atoms with Crippen LogP contribution in [0.3, 0.4) is 0 Å². The first kappa shape index (κ1) is 23.9.